The molecule has 0 bridgehead atoms. The van der Waals surface area contributed by atoms with Crippen LogP contribution in [0.15, 0.2) is 36.4 Å². The third-order valence-electron chi connectivity index (χ3n) is 4.56. The predicted molar refractivity (Wildman–Crippen MR) is 92.0 cm³/mol. The van der Waals surface area contributed by atoms with Crippen molar-refractivity contribution in [2.24, 2.45) is 0 Å². The van der Waals surface area contributed by atoms with Gasteiger partial charge in [-0.3, -0.25) is 0 Å². The highest BCUT2D eigenvalue weighted by atomic mass is 16.4. The van der Waals surface area contributed by atoms with Gasteiger partial charge >= 0.3 is 5.97 Å². The van der Waals surface area contributed by atoms with Gasteiger partial charge in [0.25, 0.3) is 0 Å². The average Bonchev–Trinajstić information content (AvgIpc) is 2.47. The van der Waals surface area contributed by atoms with Gasteiger partial charge in [-0.2, -0.15) is 0 Å². The van der Waals surface area contributed by atoms with Crippen molar-refractivity contribution in [1.82, 2.24) is 0 Å². The van der Waals surface area contributed by atoms with E-state index in [-0.39, 0.29) is 0 Å². The highest BCUT2D eigenvalue weighted by molar-refractivity contribution is 6.15. The fourth-order valence-corrected chi connectivity index (χ4v) is 3.10. The first-order valence-electron chi connectivity index (χ1n) is 7.60. The Morgan fingerprint density at radius 2 is 1.64 bits per heavy atom. The van der Waals surface area contributed by atoms with Gasteiger partial charge < -0.3 is 5.11 Å². The number of hydrogen-bond acceptors (Lipinski definition) is 1. The van der Waals surface area contributed by atoms with Crippen molar-refractivity contribution in [3.8, 4) is 0 Å². The maximum atomic E-state index is 11.7. The molecule has 0 aromatic heterocycles. The summed E-state index contributed by atoms with van der Waals surface area (Å²) in [5.74, 6) is -0.376. The van der Waals surface area contributed by atoms with Crippen molar-refractivity contribution in [2.45, 2.75) is 33.6 Å². The minimum atomic E-state index is -0.857. The van der Waals surface area contributed by atoms with Crippen LogP contribution in [0.25, 0.3) is 21.5 Å². The van der Waals surface area contributed by atoms with Crippen LogP contribution < -0.4 is 0 Å². The van der Waals surface area contributed by atoms with Crippen LogP contribution in [0.2, 0.25) is 0 Å². The molecular formula is C20H20O2. The number of carboxylic acid groups (broad SMARTS) is 1. The highest BCUT2D eigenvalue weighted by Crippen LogP contribution is 2.32. The third-order valence-corrected chi connectivity index (χ3v) is 4.56. The van der Waals surface area contributed by atoms with E-state index in [4.69, 9.17) is 0 Å². The minimum Gasteiger partial charge on any atom is -0.478 e. The number of benzene rings is 3. The number of rotatable bonds is 2. The first-order valence-corrected chi connectivity index (χ1v) is 7.60. The van der Waals surface area contributed by atoms with Crippen molar-refractivity contribution in [3.63, 3.8) is 0 Å². The van der Waals surface area contributed by atoms with Crippen LogP contribution in [0.5, 0.6) is 0 Å². The van der Waals surface area contributed by atoms with Crippen molar-refractivity contribution in [2.75, 3.05) is 0 Å². The van der Waals surface area contributed by atoms with Gasteiger partial charge in [-0.25, -0.2) is 4.79 Å². The van der Waals surface area contributed by atoms with Crippen molar-refractivity contribution in [1.29, 1.82) is 0 Å². The number of fused-ring (bicyclic) bond motifs is 3. The van der Waals surface area contributed by atoms with Crippen LogP contribution in [0.3, 0.4) is 0 Å². The SMILES string of the molecule is Cc1cc2c(ccc3cc(C(C)C)ccc32)c(C(=O)O)c1C. The Labute approximate surface area is 130 Å². The van der Waals surface area contributed by atoms with Gasteiger partial charge in [0.2, 0.25) is 0 Å². The smallest absolute Gasteiger partial charge is 0.336 e. The molecule has 2 heteroatoms. The number of carbonyl (C=O) groups is 1. The van der Waals surface area contributed by atoms with E-state index in [1.165, 1.54) is 10.9 Å². The lowest BCUT2D eigenvalue weighted by Gasteiger charge is -2.13. The zero-order chi connectivity index (χ0) is 16.0. The van der Waals surface area contributed by atoms with Crippen LogP contribution in [0.4, 0.5) is 0 Å². The molecule has 3 rings (SSSR count). The van der Waals surface area contributed by atoms with E-state index in [1.807, 2.05) is 26.0 Å². The van der Waals surface area contributed by atoms with E-state index in [9.17, 15) is 9.90 Å². The number of aromatic carboxylic acids is 1. The van der Waals surface area contributed by atoms with E-state index < -0.39 is 5.97 Å². The Balaban J connectivity index is 2.45. The molecule has 1 N–H and O–H groups in total. The lowest BCUT2D eigenvalue weighted by molar-refractivity contribution is 0.0698. The van der Waals surface area contributed by atoms with Gasteiger partial charge in [0.1, 0.15) is 0 Å². The summed E-state index contributed by atoms with van der Waals surface area (Å²) in [6, 6.07) is 12.5. The van der Waals surface area contributed by atoms with Crippen molar-refractivity contribution in [3.05, 3.63) is 58.7 Å². The summed E-state index contributed by atoms with van der Waals surface area (Å²) in [5, 5.41) is 13.7. The van der Waals surface area contributed by atoms with E-state index in [1.54, 1.807) is 0 Å². The number of aryl methyl sites for hydroxylation is 1. The van der Waals surface area contributed by atoms with Crippen LogP contribution >= 0.6 is 0 Å². The Morgan fingerprint density at radius 1 is 0.955 bits per heavy atom. The summed E-state index contributed by atoms with van der Waals surface area (Å²) >= 11 is 0. The normalized spacial score (nSPS) is 11.5. The zero-order valence-electron chi connectivity index (χ0n) is 13.4. The standard InChI is InChI=1S/C20H20O2/c1-11(2)14-5-7-16-15(10-14)6-8-17-18(16)9-12(3)13(4)19(17)20(21)22/h5-11H,1-4H3,(H,21,22). The lowest BCUT2D eigenvalue weighted by atomic mass is 9.91. The van der Waals surface area contributed by atoms with E-state index >= 15 is 0 Å². The molecule has 3 aromatic rings. The molecular weight excluding hydrogens is 272 g/mol. The Morgan fingerprint density at radius 3 is 2.27 bits per heavy atom. The minimum absolute atomic E-state index is 0.421. The van der Waals surface area contributed by atoms with Gasteiger partial charge in [0, 0.05) is 0 Å². The maximum absolute atomic E-state index is 11.7. The first kappa shape index (κ1) is 14.6. The van der Waals surface area contributed by atoms with Crippen molar-refractivity contribution >= 4 is 27.5 Å². The molecule has 0 fully saturated rings. The van der Waals surface area contributed by atoms with Crippen LogP contribution in [0, 0.1) is 13.8 Å². The molecule has 22 heavy (non-hydrogen) atoms. The third kappa shape index (κ3) is 2.16. The molecule has 0 unspecified atom stereocenters. The summed E-state index contributed by atoms with van der Waals surface area (Å²) in [4.78, 5) is 11.7. The summed E-state index contributed by atoms with van der Waals surface area (Å²) in [6.07, 6.45) is 0. The molecule has 0 amide bonds. The molecule has 0 aliphatic rings. The molecule has 0 saturated carbocycles. The Hall–Kier alpha value is -2.35. The molecule has 0 atom stereocenters. The molecule has 0 radical (unpaired) electrons. The van der Waals surface area contributed by atoms with E-state index in [0.717, 1.165) is 27.3 Å². The fourth-order valence-electron chi connectivity index (χ4n) is 3.10. The monoisotopic (exact) mass is 292 g/mol. The molecule has 3 aromatic carbocycles. The lowest BCUT2D eigenvalue weighted by Crippen LogP contribution is -2.03. The molecule has 2 nitrogen and oxygen atoms in total. The predicted octanol–water partition coefficient (Wildman–Crippen LogP) is 5.43. The van der Waals surface area contributed by atoms with Crippen LogP contribution in [-0.4, -0.2) is 11.1 Å². The quantitative estimate of drug-likeness (QED) is 0.639. The Bertz CT molecular complexity index is 905. The van der Waals surface area contributed by atoms with Gasteiger partial charge in [-0.05, 0) is 58.0 Å². The second kappa shape index (κ2) is 5.13. The first-order chi connectivity index (χ1) is 10.4. The van der Waals surface area contributed by atoms with E-state index in [2.05, 4.69) is 38.1 Å². The van der Waals surface area contributed by atoms with Crippen molar-refractivity contribution < 1.29 is 9.90 Å². The fraction of sp³-hybridized carbons (Fsp3) is 0.250. The molecule has 0 saturated heterocycles. The van der Waals surface area contributed by atoms with E-state index in [0.29, 0.717) is 11.5 Å². The second-order valence-corrected chi connectivity index (χ2v) is 6.29. The average molecular weight is 292 g/mol. The van der Waals surface area contributed by atoms with Crippen LogP contribution in [0.1, 0.15) is 46.8 Å². The molecule has 0 heterocycles. The van der Waals surface area contributed by atoms with Gasteiger partial charge in [0.05, 0.1) is 5.56 Å². The number of hydrogen-bond donors (Lipinski definition) is 1. The number of carboxylic acids is 1. The summed E-state index contributed by atoms with van der Waals surface area (Å²) in [6.45, 7) is 8.21. The van der Waals surface area contributed by atoms with Gasteiger partial charge in [0.15, 0.2) is 0 Å². The van der Waals surface area contributed by atoms with Gasteiger partial charge in [-0.15, -0.1) is 0 Å². The molecule has 0 aliphatic heterocycles. The molecule has 0 spiro atoms. The second-order valence-electron chi connectivity index (χ2n) is 6.29. The largest absolute Gasteiger partial charge is 0.478 e. The zero-order valence-corrected chi connectivity index (χ0v) is 13.4. The maximum Gasteiger partial charge on any atom is 0.336 e. The summed E-state index contributed by atoms with van der Waals surface area (Å²) < 4.78 is 0. The highest BCUT2D eigenvalue weighted by Gasteiger charge is 2.15. The summed E-state index contributed by atoms with van der Waals surface area (Å²) in [5.41, 5.74) is 3.59. The summed E-state index contributed by atoms with van der Waals surface area (Å²) in [7, 11) is 0. The molecule has 112 valence electrons. The van der Waals surface area contributed by atoms with Crippen LogP contribution in [-0.2, 0) is 0 Å². The topological polar surface area (TPSA) is 37.3 Å². The molecule has 0 aliphatic carbocycles. The van der Waals surface area contributed by atoms with Gasteiger partial charge in [-0.1, -0.05) is 50.2 Å². The Kier molecular flexibility index (Phi) is 3.40.